The molecule has 2 heterocycles. The Morgan fingerprint density at radius 2 is 1.86 bits per heavy atom. The molecule has 2 aromatic carbocycles. The number of nitriles is 1. The van der Waals surface area contributed by atoms with E-state index in [9.17, 15) is 14.4 Å². The van der Waals surface area contributed by atoms with Gasteiger partial charge in [-0.25, -0.2) is 9.61 Å². The number of nitrogens with zero attached hydrogens (tertiary/aromatic N) is 5. The number of carbonyl (C=O) groups excluding carboxylic acids is 3. The fourth-order valence-corrected chi connectivity index (χ4v) is 3.62. The van der Waals surface area contributed by atoms with Crippen molar-refractivity contribution in [2.75, 3.05) is 17.2 Å². The van der Waals surface area contributed by atoms with Gasteiger partial charge < -0.3 is 26.7 Å². The predicted octanol–water partition coefficient (Wildman–Crippen LogP) is 1.44. The van der Waals surface area contributed by atoms with Gasteiger partial charge in [0, 0.05) is 17.8 Å². The molecule has 0 bridgehead atoms. The predicted molar refractivity (Wildman–Crippen MR) is 133 cm³/mol. The van der Waals surface area contributed by atoms with E-state index >= 15 is 0 Å². The van der Waals surface area contributed by atoms with Crippen LogP contribution in [0.3, 0.4) is 0 Å². The van der Waals surface area contributed by atoms with Crippen LogP contribution in [-0.2, 0) is 16.1 Å². The number of Topliss-reactive ketones (excluding diaryl/α,β-unsaturated/α-hetero) is 1. The Hall–Kier alpha value is -5.09. The minimum Gasteiger partial charge on any atom is -0.370 e. The summed E-state index contributed by atoms with van der Waals surface area (Å²) in [5.41, 5.74) is 13.2. The fourth-order valence-electron chi connectivity index (χ4n) is 3.62. The molecule has 0 aliphatic rings. The number of fused-ring (bicyclic) bond motifs is 1. The molecule has 4 aromatic rings. The van der Waals surface area contributed by atoms with Crippen molar-refractivity contribution in [1.29, 1.82) is 5.26 Å². The Balaban J connectivity index is 1.56. The van der Waals surface area contributed by atoms with E-state index in [0.717, 1.165) is 0 Å². The summed E-state index contributed by atoms with van der Waals surface area (Å²) in [7, 11) is 0. The van der Waals surface area contributed by atoms with E-state index in [4.69, 9.17) is 21.4 Å². The lowest BCUT2D eigenvalue weighted by Gasteiger charge is -2.11. The van der Waals surface area contributed by atoms with E-state index in [1.54, 1.807) is 28.8 Å². The molecular weight excluding hydrogens is 478 g/mol. The third-order valence-electron chi connectivity index (χ3n) is 5.42. The van der Waals surface area contributed by atoms with E-state index < -0.39 is 17.9 Å². The summed E-state index contributed by atoms with van der Waals surface area (Å²) in [5, 5.41) is 22.2. The number of para-hydroxylation sites is 2. The normalized spacial score (nSPS) is 11.6. The quantitative estimate of drug-likeness (QED) is 0.172. The van der Waals surface area contributed by atoms with Crippen LogP contribution in [0, 0.1) is 11.3 Å². The van der Waals surface area contributed by atoms with Crippen LogP contribution in [0.1, 0.15) is 23.2 Å². The minimum atomic E-state index is -1.07. The molecule has 0 aliphatic heterocycles. The van der Waals surface area contributed by atoms with Gasteiger partial charge in [-0.05, 0) is 46.7 Å². The first kappa shape index (κ1) is 25.0. The molecule has 13 heteroatoms. The zero-order chi connectivity index (χ0) is 26.4. The van der Waals surface area contributed by atoms with Crippen molar-refractivity contribution in [2.45, 2.75) is 25.4 Å². The molecule has 0 spiro atoms. The minimum absolute atomic E-state index is 0.0600. The first-order valence-electron chi connectivity index (χ1n) is 11.2. The second-order valence-corrected chi connectivity index (χ2v) is 8.07. The molecule has 1 atom stereocenters. The summed E-state index contributed by atoms with van der Waals surface area (Å²) >= 11 is 0. The number of hydrogen-bond donors (Lipinski definition) is 4. The highest BCUT2D eigenvalue weighted by molar-refractivity contribution is 5.99. The van der Waals surface area contributed by atoms with Crippen molar-refractivity contribution < 1.29 is 19.0 Å². The average molecular weight is 502 g/mol. The zero-order valence-corrected chi connectivity index (χ0v) is 19.5. The molecule has 4 rings (SSSR count). The molecule has 1 unspecified atom stereocenters. The molecule has 37 heavy (non-hydrogen) atoms. The van der Waals surface area contributed by atoms with E-state index in [1.807, 2.05) is 30.3 Å². The second kappa shape index (κ2) is 11.1. The van der Waals surface area contributed by atoms with Crippen molar-refractivity contribution in [2.24, 2.45) is 11.5 Å². The molecule has 6 N–H and O–H groups in total. The number of rotatable bonds is 11. The first-order valence-corrected chi connectivity index (χ1v) is 11.2. The van der Waals surface area contributed by atoms with Crippen molar-refractivity contribution in [3.63, 3.8) is 0 Å². The van der Waals surface area contributed by atoms with Crippen LogP contribution in [0.2, 0.25) is 0 Å². The number of nitrogens with two attached hydrogens (primary N) is 2. The van der Waals surface area contributed by atoms with Gasteiger partial charge in [0.05, 0.1) is 42.5 Å². The number of aromatic nitrogens is 4. The van der Waals surface area contributed by atoms with Crippen molar-refractivity contribution in [3.8, 4) is 17.6 Å². The molecule has 2 amide bonds. The molecule has 188 valence electrons. The maximum absolute atomic E-state index is 13.2. The van der Waals surface area contributed by atoms with Crippen LogP contribution >= 0.6 is 0 Å². The number of anilines is 2. The van der Waals surface area contributed by atoms with Gasteiger partial charge >= 0.3 is 0 Å². The Kier molecular flexibility index (Phi) is 7.51. The Labute approximate surface area is 210 Å². The molecule has 13 nitrogen and oxygen atoms in total. The smallest absolute Gasteiger partial charge is 0.241 e. The van der Waals surface area contributed by atoms with Crippen LogP contribution in [0.15, 0.2) is 53.2 Å². The van der Waals surface area contributed by atoms with Crippen molar-refractivity contribution >= 4 is 40.1 Å². The number of primary amides is 1. The molecule has 0 saturated heterocycles. The van der Waals surface area contributed by atoms with Crippen molar-refractivity contribution in [3.05, 3.63) is 54.1 Å². The number of nitrogens with one attached hydrogen (secondary N) is 2. The van der Waals surface area contributed by atoms with E-state index in [2.05, 4.69) is 25.9 Å². The molecule has 2 aromatic heterocycles. The van der Waals surface area contributed by atoms with Crippen LogP contribution in [-0.4, -0.2) is 50.0 Å². The lowest BCUT2D eigenvalue weighted by Crippen LogP contribution is -2.38. The molecular formula is C24H23N9O4. The van der Waals surface area contributed by atoms with Crippen LogP contribution in [0.4, 0.5) is 11.5 Å². The third-order valence-corrected chi connectivity index (χ3v) is 5.42. The Morgan fingerprint density at radius 3 is 2.59 bits per heavy atom. The highest BCUT2D eigenvalue weighted by Gasteiger charge is 2.22. The highest BCUT2D eigenvalue weighted by Crippen LogP contribution is 2.28. The number of ketones is 1. The number of hydrogen-bond acceptors (Lipinski definition) is 10. The fraction of sp³-hybridized carbons (Fsp3) is 0.208. The van der Waals surface area contributed by atoms with E-state index in [1.165, 1.54) is 0 Å². The SMILES string of the molecule is N#CCCNc1nonc1-c1nc2ccccc2n1CC(=O)c1ccc(NC(=O)C(N)CC(N)=O)cc1. The van der Waals surface area contributed by atoms with Crippen LogP contribution < -0.4 is 22.1 Å². The van der Waals surface area contributed by atoms with Gasteiger partial charge in [0.15, 0.2) is 17.3 Å². The summed E-state index contributed by atoms with van der Waals surface area (Å²) in [6, 6.07) is 14.6. The van der Waals surface area contributed by atoms with Gasteiger partial charge in [0.1, 0.15) is 0 Å². The van der Waals surface area contributed by atoms with Gasteiger partial charge in [0.2, 0.25) is 17.6 Å². The number of carbonyl (C=O) groups is 3. The lowest BCUT2D eigenvalue weighted by atomic mass is 10.1. The average Bonchev–Trinajstić information content (AvgIpc) is 3.48. The largest absolute Gasteiger partial charge is 0.370 e. The van der Waals surface area contributed by atoms with Crippen LogP contribution in [0.25, 0.3) is 22.6 Å². The van der Waals surface area contributed by atoms with Gasteiger partial charge in [-0.15, -0.1) is 0 Å². The van der Waals surface area contributed by atoms with Crippen LogP contribution in [0.5, 0.6) is 0 Å². The molecule has 0 aliphatic carbocycles. The first-order chi connectivity index (χ1) is 17.9. The van der Waals surface area contributed by atoms with E-state index in [0.29, 0.717) is 46.2 Å². The van der Waals surface area contributed by atoms with E-state index in [-0.39, 0.29) is 25.2 Å². The summed E-state index contributed by atoms with van der Waals surface area (Å²) in [6.45, 7) is 0.280. The van der Waals surface area contributed by atoms with Gasteiger partial charge in [-0.1, -0.05) is 12.1 Å². The summed E-state index contributed by atoms with van der Waals surface area (Å²) in [5.74, 6) is -0.770. The topological polar surface area (TPSA) is 208 Å². The maximum atomic E-state index is 13.2. The van der Waals surface area contributed by atoms with Gasteiger partial charge in [0.25, 0.3) is 0 Å². The lowest BCUT2D eigenvalue weighted by molar-refractivity contribution is -0.123. The summed E-state index contributed by atoms with van der Waals surface area (Å²) in [4.78, 5) is 40.9. The number of imidazole rings is 1. The summed E-state index contributed by atoms with van der Waals surface area (Å²) in [6.07, 6.45) is -0.0189. The third kappa shape index (κ3) is 5.77. The second-order valence-electron chi connectivity index (χ2n) is 8.07. The Morgan fingerprint density at radius 1 is 1.11 bits per heavy atom. The van der Waals surface area contributed by atoms with Gasteiger partial charge in [-0.2, -0.15) is 5.26 Å². The van der Waals surface area contributed by atoms with Gasteiger partial charge in [-0.3, -0.25) is 14.4 Å². The maximum Gasteiger partial charge on any atom is 0.241 e. The standard InChI is InChI=1S/C24H23N9O4/c25-10-3-11-28-22-21(31-37-32-22)23-30-17-4-1-2-5-18(17)33(23)13-19(34)14-6-8-15(9-7-14)29-24(36)16(26)12-20(27)35/h1-2,4-9,16H,3,11-13,26H2,(H2,27,35)(H,28,32)(H,29,36). The Bertz CT molecular complexity index is 1480. The zero-order valence-electron chi connectivity index (χ0n) is 19.5. The molecule has 0 radical (unpaired) electrons. The number of benzene rings is 2. The monoisotopic (exact) mass is 501 g/mol. The number of amides is 2. The summed E-state index contributed by atoms with van der Waals surface area (Å²) < 4.78 is 6.61. The van der Waals surface area contributed by atoms with Crippen molar-refractivity contribution in [1.82, 2.24) is 19.9 Å². The molecule has 0 saturated carbocycles. The highest BCUT2D eigenvalue weighted by atomic mass is 16.6. The molecule has 0 fully saturated rings.